The predicted molar refractivity (Wildman–Crippen MR) is 86.0 cm³/mol. The minimum atomic E-state index is 0.494. The molecule has 3 heteroatoms. The lowest BCUT2D eigenvalue weighted by atomic mass is 10.1. The zero-order valence-electron chi connectivity index (χ0n) is 13.7. The van der Waals surface area contributed by atoms with E-state index < -0.39 is 0 Å². The number of nitrogens with one attached hydrogen (secondary N) is 1. The quantitative estimate of drug-likeness (QED) is 0.620. The normalized spacial score (nSPS) is 13.1. The van der Waals surface area contributed by atoms with Gasteiger partial charge in [-0.05, 0) is 36.9 Å². The fourth-order valence-corrected chi connectivity index (χ4v) is 2.32. The molecule has 0 fully saturated rings. The summed E-state index contributed by atoms with van der Waals surface area (Å²) >= 11 is 0. The second-order valence-electron chi connectivity index (χ2n) is 5.88. The van der Waals surface area contributed by atoms with Crippen molar-refractivity contribution in [2.45, 2.75) is 59.5 Å². The molecule has 0 aromatic carbocycles. The lowest BCUT2D eigenvalue weighted by Gasteiger charge is -2.15. The molecule has 0 saturated carbocycles. The van der Waals surface area contributed by atoms with Gasteiger partial charge in [-0.3, -0.25) is 0 Å². The van der Waals surface area contributed by atoms with Crippen LogP contribution in [-0.2, 0) is 11.3 Å². The van der Waals surface area contributed by atoms with E-state index in [-0.39, 0.29) is 0 Å². The van der Waals surface area contributed by atoms with Gasteiger partial charge < -0.3 is 14.6 Å². The van der Waals surface area contributed by atoms with Crippen molar-refractivity contribution >= 4 is 0 Å². The Morgan fingerprint density at radius 1 is 1.20 bits per heavy atom. The van der Waals surface area contributed by atoms with Crippen LogP contribution in [0, 0.1) is 5.92 Å². The van der Waals surface area contributed by atoms with E-state index in [1.54, 1.807) is 0 Å². The molecule has 0 saturated heterocycles. The van der Waals surface area contributed by atoms with Crippen LogP contribution in [0.5, 0.6) is 0 Å². The SMILES string of the molecule is CCCC(NCC)c1ccn(CCOCCC(C)C)c1. The second kappa shape index (κ2) is 10.0. The van der Waals surface area contributed by atoms with Gasteiger partial charge in [-0.25, -0.2) is 0 Å². The van der Waals surface area contributed by atoms with Gasteiger partial charge in [0.05, 0.1) is 6.61 Å². The van der Waals surface area contributed by atoms with E-state index >= 15 is 0 Å². The molecule has 0 aliphatic heterocycles. The summed E-state index contributed by atoms with van der Waals surface area (Å²) in [5, 5.41) is 3.56. The standard InChI is InChI=1S/C17H32N2O/c1-5-7-17(18-6-2)16-8-10-19(14-16)11-13-20-12-9-15(3)4/h8,10,14-15,17-18H,5-7,9,11-13H2,1-4H3. The maximum atomic E-state index is 5.68. The third kappa shape index (κ3) is 6.58. The van der Waals surface area contributed by atoms with Crippen molar-refractivity contribution in [1.29, 1.82) is 0 Å². The Balaban J connectivity index is 2.34. The Labute approximate surface area is 124 Å². The van der Waals surface area contributed by atoms with E-state index in [0.717, 1.165) is 38.6 Å². The van der Waals surface area contributed by atoms with Crippen molar-refractivity contribution in [3.63, 3.8) is 0 Å². The van der Waals surface area contributed by atoms with Gasteiger partial charge in [0.15, 0.2) is 0 Å². The van der Waals surface area contributed by atoms with Crippen LogP contribution < -0.4 is 5.32 Å². The minimum absolute atomic E-state index is 0.494. The maximum Gasteiger partial charge on any atom is 0.0645 e. The Morgan fingerprint density at radius 2 is 2.00 bits per heavy atom. The first-order valence-electron chi connectivity index (χ1n) is 8.14. The van der Waals surface area contributed by atoms with Gasteiger partial charge >= 0.3 is 0 Å². The number of aromatic nitrogens is 1. The molecule has 116 valence electrons. The van der Waals surface area contributed by atoms with E-state index in [9.17, 15) is 0 Å². The number of hydrogen-bond acceptors (Lipinski definition) is 2. The molecular formula is C17H32N2O. The Hall–Kier alpha value is -0.800. The van der Waals surface area contributed by atoms with Crippen molar-refractivity contribution in [3.8, 4) is 0 Å². The Morgan fingerprint density at radius 3 is 2.65 bits per heavy atom. The molecule has 0 spiro atoms. The summed E-state index contributed by atoms with van der Waals surface area (Å²) in [6, 6.07) is 2.73. The van der Waals surface area contributed by atoms with Crippen LogP contribution in [0.15, 0.2) is 18.5 Å². The van der Waals surface area contributed by atoms with Gasteiger partial charge in [-0.1, -0.05) is 34.1 Å². The van der Waals surface area contributed by atoms with E-state index in [4.69, 9.17) is 4.74 Å². The largest absolute Gasteiger partial charge is 0.380 e. The molecular weight excluding hydrogens is 248 g/mol. The van der Waals surface area contributed by atoms with Gasteiger partial charge in [0, 0.05) is 31.6 Å². The van der Waals surface area contributed by atoms with Crippen molar-refractivity contribution < 1.29 is 4.74 Å². The first-order chi connectivity index (χ1) is 9.67. The van der Waals surface area contributed by atoms with Crippen LogP contribution in [-0.4, -0.2) is 24.3 Å². The Bertz CT molecular complexity index is 341. The zero-order valence-corrected chi connectivity index (χ0v) is 13.7. The van der Waals surface area contributed by atoms with Gasteiger partial charge in [-0.15, -0.1) is 0 Å². The number of rotatable bonds is 11. The molecule has 0 radical (unpaired) electrons. The molecule has 0 bridgehead atoms. The van der Waals surface area contributed by atoms with Crippen molar-refractivity contribution in [2.75, 3.05) is 19.8 Å². The summed E-state index contributed by atoms with van der Waals surface area (Å²) in [7, 11) is 0. The average Bonchev–Trinajstić information content (AvgIpc) is 2.86. The van der Waals surface area contributed by atoms with E-state index in [1.165, 1.54) is 18.4 Å². The molecule has 1 heterocycles. The summed E-state index contributed by atoms with van der Waals surface area (Å²) < 4.78 is 7.92. The summed E-state index contributed by atoms with van der Waals surface area (Å²) in [5.41, 5.74) is 1.40. The van der Waals surface area contributed by atoms with Crippen LogP contribution in [0.1, 0.15) is 58.6 Å². The highest BCUT2D eigenvalue weighted by Gasteiger charge is 2.10. The highest BCUT2D eigenvalue weighted by atomic mass is 16.5. The molecule has 1 N–H and O–H groups in total. The molecule has 0 amide bonds. The predicted octanol–water partition coefficient (Wildman–Crippen LogP) is 4.00. The topological polar surface area (TPSA) is 26.2 Å². The van der Waals surface area contributed by atoms with E-state index in [1.807, 2.05) is 0 Å². The Kier molecular flexibility index (Phi) is 8.63. The van der Waals surface area contributed by atoms with Gasteiger partial charge in [0.25, 0.3) is 0 Å². The van der Waals surface area contributed by atoms with Crippen molar-refractivity contribution in [1.82, 2.24) is 9.88 Å². The fraction of sp³-hybridized carbons (Fsp3) is 0.765. The lowest BCUT2D eigenvalue weighted by Crippen LogP contribution is -2.20. The molecule has 1 atom stereocenters. The summed E-state index contributed by atoms with van der Waals surface area (Å²) in [6.45, 7) is 12.5. The van der Waals surface area contributed by atoms with Crippen LogP contribution >= 0.6 is 0 Å². The third-order valence-corrected chi connectivity index (χ3v) is 3.54. The van der Waals surface area contributed by atoms with Gasteiger partial charge in [0.2, 0.25) is 0 Å². The van der Waals surface area contributed by atoms with Crippen LogP contribution in [0.4, 0.5) is 0 Å². The van der Waals surface area contributed by atoms with Gasteiger partial charge in [-0.2, -0.15) is 0 Å². The number of ether oxygens (including phenoxy) is 1. The summed E-state index contributed by atoms with van der Waals surface area (Å²) in [4.78, 5) is 0. The van der Waals surface area contributed by atoms with E-state index in [0.29, 0.717) is 6.04 Å². The average molecular weight is 280 g/mol. The first-order valence-corrected chi connectivity index (χ1v) is 8.14. The number of hydrogen-bond donors (Lipinski definition) is 1. The van der Waals surface area contributed by atoms with Crippen LogP contribution in [0.25, 0.3) is 0 Å². The first kappa shape index (κ1) is 17.3. The smallest absolute Gasteiger partial charge is 0.0645 e. The molecule has 0 aliphatic rings. The highest BCUT2D eigenvalue weighted by molar-refractivity contribution is 5.15. The summed E-state index contributed by atoms with van der Waals surface area (Å²) in [6.07, 6.45) is 7.98. The third-order valence-electron chi connectivity index (χ3n) is 3.54. The summed E-state index contributed by atoms with van der Waals surface area (Å²) in [5.74, 6) is 0.725. The fourth-order valence-electron chi connectivity index (χ4n) is 2.32. The maximum absolute atomic E-state index is 5.68. The van der Waals surface area contributed by atoms with Crippen molar-refractivity contribution in [2.24, 2.45) is 5.92 Å². The monoisotopic (exact) mass is 280 g/mol. The second-order valence-corrected chi connectivity index (χ2v) is 5.88. The molecule has 1 unspecified atom stereocenters. The minimum Gasteiger partial charge on any atom is -0.380 e. The highest BCUT2D eigenvalue weighted by Crippen LogP contribution is 2.18. The molecule has 0 aliphatic carbocycles. The molecule has 20 heavy (non-hydrogen) atoms. The van der Waals surface area contributed by atoms with Gasteiger partial charge in [0.1, 0.15) is 0 Å². The van der Waals surface area contributed by atoms with Crippen molar-refractivity contribution in [3.05, 3.63) is 24.0 Å². The van der Waals surface area contributed by atoms with E-state index in [2.05, 4.69) is 56.0 Å². The molecule has 1 rings (SSSR count). The molecule has 3 nitrogen and oxygen atoms in total. The molecule has 1 aromatic rings. The van der Waals surface area contributed by atoms with Crippen LogP contribution in [0.2, 0.25) is 0 Å². The molecule has 1 aromatic heterocycles. The lowest BCUT2D eigenvalue weighted by molar-refractivity contribution is 0.116. The van der Waals surface area contributed by atoms with Crippen LogP contribution in [0.3, 0.4) is 0 Å². The number of nitrogens with zero attached hydrogens (tertiary/aromatic N) is 1. The zero-order chi connectivity index (χ0) is 14.8.